The Balaban J connectivity index is 2.13. The minimum absolute atomic E-state index is 0.609. The molecule has 1 aromatic carbocycles. The van der Waals surface area contributed by atoms with Crippen molar-refractivity contribution in [3.05, 3.63) is 34.9 Å². The van der Waals surface area contributed by atoms with Gasteiger partial charge in [0.1, 0.15) is 11.6 Å². The predicted octanol–water partition coefficient (Wildman–Crippen LogP) is 2.98. The molecule has 6 heteroatoms. The molecule has 0 amide bonds. The van der Waals surface area contributed by atoms with E-state index in [9.17, 15) is 0 Å². The lowest BCUT2D eigenvalue weighted by Gasteiger charge is -2.05. The van der Waals surface area contributed by atoms with Crippen molar-refractivity contribution < 1.29 is 4.74 Å². The fourth-order valence-electron chi connectivity index (χ4n) is 1.89. The van der Waals surface area contributed by atoms with Gasteiger partial charge in [0.15, 0.2) is 5.65 Å². The number of halogens is 1. The van der Waals surface area contributed by atoms with Crippen molar-refractivity contribution in [1.82, 2.24) is 15.0 Å². The zero-order valence-electron chi connectivity index (χ0n) is 10.1. The van der Waals surface area contributed by atoms with E-state index < -0.39 is 0 Å². The average molecular weight is 319 g/mol. The number of ether oxygens (including phenoxy) is 1. The summed E-state index contributed by atoms with van der Waals surface area (Å²) >= 11 is 3.38. The highest BCUT2D eigenvalue weighted by molar-refractivity contribution is 9.10. The third-order valence-electron chi connectivity index (χ3n) is 2.82. The first-order valence-corrected chi connectivity index (χ1v) is 6.42. The number of anilines is 1. The van der Waals surface area contributed by atoms with Crippen molar-refractivity contribution >= 4 is 32.8 Å². The first-order valence-electron chi connectivity index (χ1n) is 5.62. The summed E-state index contributed by atoms with van der Waals surface area (Å²) in [6.07, 6.45) is 1.71. The Morgan fingerprint density at radius 1 is 1.32 bits per heavy atom. The van der Waals surface area contributed by atoms with E-state index in [1.54, 1.807) is 19.4 Å². The van der Waals surface area contributed by atoms with E-state index >= 15 is 0 Å². The van der Waals surface area contributed by atoms with E-state index in [4.69, 9.17) is 10.5 Å². The second-order valence-corrected chi connectivity index (χ2v) is 4.98. The Bertz CT molecular complexity index is 753. The molecule has 0 saturated heterocycles. The maximum absolute atomic E-state index is 6.01. The summed E-state index contributed by atoms with van der Waals surface area (Å²) in [6, 6.07) is 7.42. The molecular formula is C13H11BrN4O. The number of methoxy groups -OCH3 is 1. The highest BCUT2D eigenvalue weighted by Gasteiger charge is 2.10. The van der Waals surface area contributed by atoms with Crippen LogP contribution >= 0.6 is 15.9 Å². The smallest absolute Gasteiger partial charge is 0.178 e. The highest BCUT2D eigenvalue weighted by Crippen LogP contribution is 2.28. The molecule has 2 heterocycles. The van der Waals surface area contributed by atoms with Crippen LogP contribution in [0.4, 0.5) is 5.69 Å². The van der Waals surface area contributed by atoms with E-state index in [1.807, 2.05) is 18.2 Å². The number of fused-ring (bicyclic) bond motifs is 1. The molecule has 0 aliphatic carbocycles. The van der Waals surface area contributed by atoms with Crippen molar-refractivity contribution in [3.8, 4) is 17.1 Å². The summed E-state index contributed by atoms with van der Waals surface area (Å²) in [6.45, 7) is 0. The molecule has 0 unspecified atom stereocenters. The second kappa shape index (κ2) is 4.55. The average Bonchev–Trinajstić information content (AvgIpc) is 2.81. The molecular weight excluding hydrogens is 308 g/mol. The van der Waals surface area contributed by atoms with Crippen LogP contribution in [0.1, 0.15) is 0 Å². The molecule has 0 aliphatic rings. The zero-order valence-corrected chi connectivity index (χ0v) is 11.7. The second-order valence-electron chi connectivity index (χ2n) is 4.06. The highest BCUT2D eigenvalue weighted by atomic mass is 79.9. The Hall–Kier alpha value is -2.08. The summed E-state index contributed by atoms with van der Waals surface area (Å²) in [4.78, 5) is 11.9. The first kappa shape index (κ1) is 12.0. The van der Waals surface area contributed by atoms with Gasteiger partial charge in [-0.05, 0) is 34.1 Å². The van der Waals surface area contributed by atoms with Crippen molar-refractivity contribution in [3.63, 3.8) is 0 Å². The van der Waals surface area contributed by atoms with E-state index in [1.165, 1.54) is 0 Å². The number of nitrogens with one attached hydrogen (secondary N) is 1. The number of aromatic nitrogens is 3. The molecule has 0 spiro atoms. The number of hydrogen-bond acceptors (Lipinski definition) is 4. The van der Waals surface area contributed by atoms with Crippen LogP contribution in [0.15, 0.2) is 34.9 Å². The van der Waals surface area contributed by atoms with Crippen LogP contribution in [0, 0.1) is 0 Å². The van der Waals surface area contributed by atoms with Gasteiger partial charge in [-0.25, -0.2) is 9.97 Å². The predicted molar refractivity (Wildman–Crippen MR) is 78.0 cm³/mol. The fraction of sp³-hybridized carbons (Fsp3) is 0.0769. The Morgan fingerprint density at radius 3 is 2.89 bits per heavy atom. The van der Waals surface area contributed by atoms with Crippen LogP contribution in [0.3, 0.4) is 0 Å². The van der Waals surface area contributed by atoms with E-state index in [-0.39, 0.29) is 0 Å². The van der Waals surface area contributed by atoms with Crippen molar-refractivity contribution in [2.75, 3.05) is 12.8 Å². The molecule has 0 fully saturated rings. The van der Waals surface area contributed by atoms with Crippen LogP contribution in [0.2, 0.25) is 0 Å². The number of hydrogen-bond donors (Lipinski definition) is 2. The van der Waals surface area contributed by atoms with Gasteiger partial charge in [0.2, 0.25) is 0 Å². The summed E-state index contributed by atoms with van der Waals surface area (Å²) in [5, 5.41) is 0. The van der Waals surface area contributed by atoms with E-state index in [0.717, 1.165) is 21.3 Å². The summed E-state index contributed by atoms with van der Waals surface area (Å²) in [5.41, 5.74) is 8.97. The lowest BCUT2D eigenvalue weighted by Crippen LogP contribution is -1.93. The third-order valence-corrected chi connectivity index (χ3v) is 3.25. The van der Waals surface area contributed by atoms with Gasteiger partial charge in [-0.3, -0.25) is 0 Å². The largest absolute Gasteiger partial charge is 0.497 e. The van der Waals surface area contributed by atoms with Crippen molar-refractivity contribution in [2.24, 2.45) is 0 Å². The maximum Gasteiger partial charge on any atom is 0.178 e. The van der Waals surface area contributed by atoms with Crippen LogP contribution in [0.5, 0.6) is 5.75 Å². The summed E-state index contributed by atoms with van der Waals surface area (Å²) in [7, 11) is 1.61. The van der Waals surface area contributed by atoms with E-state index in [2.05, 4.69) is 30.9 Å². The fourth-order valence-corrected chi connectivity index (χ4v) is 2.22. The van der Waals surface area contributed by atoms with Crippen LogP contribution in [-0.2, 0) is 0 Å². The maximum atomic E-state index is 6.01. The molecule has 0 saturated carbocycles. The molecule has 3 aromatic rings. The molecule has 5 nitrogen and oxygen atoms in total. The number of H-pyrrole nitrogens is 1. The number of pyridine rings is 1. The normalized spacial score (nSPS) is 10.8. The van der Waals surface area contributed by atoms with Gasteiger partial charge in [-0.15, -0.1) is 0 Å². The molecule has 0 aliphatic heterocycles. The van der Waals surface area contributed by atoms with Crippen molar-refractivity contribution in [2.45, 2.75) is 0 Å². The number of aromatic amines is 1. The Kier molecular flexibility index (Phi) is 2.87. The van der Waals surface area contributed by atoms with Crippen LogP contribution in [0.25, 0.3) is 22.6 Å². The lowest BCUT2D eigenvalue weighted by atomic mass is 10.1. The third kappa shape index (κ3) is 2.15. The topological polar surface area (TPSA) is 76.8 Å². The molecule has 96 valence electrons. The zero-order chi connectivity index (χ0) is 13.4. The Morgan fingerprint density at radius 2 is 2.16 bits per heavy atom. The summed E-state index contributed by atoms with van der Waals surface area (Å²) in [5.74, 6) is 1.42. The molecule has 0 radical (unpaired) electrons. The number of nitrogen functional groups attached to an aromatic ring is 1. The SMILES string of the molecule is COc1ccc(-c2nc3ncc(Br)cc3[nH]2)c(N)c1. The van der Waals surface area contributed by atoms with Gasteiger partial charge in [-0.2, -0.15) is 0 Å². The van der Waals surface area contributed by atoms with E-state index in [0.29, 0.717) is 17.2 Å². The van der Waals surface area contributed by atoms with Crippen LogP contribution < -0.4 is 10.5 Å². The molecule has 3 rings (SSSR count). The monoisotopic (exact) mass is 318 g/mol. The van der Waals surface area contributed by atoms with Gasteiger partial charge in [-0.1, -0.05) is 0 Å². The number of imidazole rings is 1. The van der Waals surface area contributed by atoms with Crippen molar-refractivity contribution in [1.29, 1.82) is 0 Å². The first-order chi connectivity index (χ1) is 9.17. The minimum atomic E-state index is 0.609. The molecule has 19 heavy (non-hydrogen) atoms. The van der Waals surface area contributed by atoms with Gasteiger partial charge in [0.05, 0.1) is 12.6 Å². The van der Waals surface area contributed by atoms with Gasteiger partial charge < -0.3 is 15.5 Å². The quantitative estimate of drug-likeness (QED) is 0.712. The number of rotatable bonds is 2. The molecule has 3 N–H and O–H groups in total. The number of nitrogens with zero attached hydrogens (tertiary/aromatic N) is 2. The number of benzene rings is 1. The summed E-state index contributed by atoms with van der Waals surface area (Å²) < 4.78 is 6.03. The molecule has 2 aromatic heterocycles. The molecule has 0 bridgehead atoms. The van der Waals surface area contributed by atoms with Crippen LogP contribution in [-0.4, -0.2) is 22.1 Å². The van der Waals surface area contributed by atoms with Gasteiger partial charge >= 0.3 is 0 Å². The number of nitrogens with two attached hydrogens (primary N) is 1. The van der Waals surface area contributed by atoms with Gasteiger partial charge in [0.25, 0.3) is 0 Å². The van der Waals surface area contributed by atoms with Gasteiger partial charge in [0, 0.05) is 28.0 Å². The lowest BCUT2D eigenvalue weighted by molar-refractivity contribution is 0.415. The molecule has 0 atom stereocenters. The Labute approximate surface area is 118 Å². The minimum Gasteiger partial charge on any atom is -0.497 e. The standard InChI is InChI=1S/C13H11BrN4O/c1-19-8-2-3-9(10(15)5-8)12-17-11-4-7(14)6-16-13(11)18-12/h2-6H,15H2,1H3,(H,16,17,18).